The highest BCUT2D eigenvalue weighted by atomic mass is 31.2. The van der Waals surface area contributed by atoms with Gasteiger partial charge in [0, 0.05) is 0 Å². The van der Waals surface area contributed by atoms with Crippen molar-refractivity contribution in [3.8, 4) is 0 Å². The van der Waals surface area contributed by atoms with E-state index in [1.54, 1.807) is 0 Å². The third kappa shape index (κ3) is 11.3. The van der Waals surface area contributed by atoms with Gasteiger partial charge in [0.15, 0.2) is 0 Å². The number of unbranched alkanes of at least 4 members (excludes halogenated alkanes) is 2. The summed E-state index contributed by atoms with van der Waals surface area (Å²) in [6, 6.07) is 0. The summed E-state index contributed by atoms with van der Waals surface area (Å²) in [6.45, 7) is 13.2. The van der Waals surface area contributed by atoms with E-state index in [2.05, 4.69) is 27.7 Å². The van der Waals surface area contributed by atoms with Crippen molar-refractivity contribution in [1.82, 2.24) is 0 Å². The summed E-state index contributed by atoms with van der Waals surface area (Å²) in [7, 11) is -2.99. The van der Waals surface area contributed by atoms with Crippen molar-refractivity contribution in [1.29, 1.82) is 0 Å². The van der Waals surface area contributed by atoms with E-state index in [4.69, 9.17) is 9.05 Å². The van der Waals surface area contributed by atoms with Crippen LogP contribution in [0, 0.1) is 11.8 Å². The van der Waals surface area contributed by atoms with E-state index in [9.17, 15) is 4.57 Å². The highest BCUT2D eigenvalue weighted by molar-refractivity contribution is 7.53. The third-order valence-electron chi connectivity index (χ3n) is 4.45. The van der Waals surface area contributed by atoms with Crippen LogP contribution < -0.4 is 0 Å². The van der Waals surface area contributed by atoms with E-state index < -0.39 is 7.60 Å². The Bertz CT molecular complexity index is 318. The summed E-state index contributed by atoms with van der Waals surface area (Å²) in [5.74, 6) is 0.935. The summed E-state index contributed by atoms with van der Waals surface area (Å²) < 4.78 is 24.9. The van der Waals surface area contributed by atoms with E-state index in [1.165, 1.54) is 25.7 Å². The minimum atomic E-state index is -2.99. The number of hydrogen-bond donors (Lipinski definition) is 0. The zero-order chi connectivity index (χ0) is 17.7. The molecule has 140 valence electrons. The van der Waals surface area contributed by atoms with E-state index in [-0.39, 0.29) is 6.10 Å². The van der Waals surface area contributed by atoms with Gasteiger partial charge >= 0.3 is 7.60 Å². The van der Waals surface area contributed by atoms with Crippen molar-refractivity contribution < 1.29 is 13.6 Å². The molecule has 3 unspecified atom stereocenters. The molecule has 0 radical (unpaired) electrons. The molecule has 0 bridgehead atoms. The topological polar surface area (TPSA) is 35.5 Å². The van der Waals surface area contributed by atoms with Gasteiger partial charge in [-0.05, 0) is 38.5 Å². The molecule has 0 amide bonds. The Morgan fingerprint density at radius 3 is 1.83 bits per heavy atom. The second-order valence-electron chi connectivity index (χ2n) is 7.08. The molecule has 0 rings (SSSR count). The lowest BCUT2D eigenvalue weighted by Gasteiger charge is -2.26. The predicted molar refractivity (Wildman–Crippen MR) is 101 cm³/mol. The van der Waals surface area contributed by atoms with Crippen LogP contribution in [0.15, 0.2) is 0 Å². The van der Waals surface area contributed by atoms with Crippen LogP contribution >= 0.6 is 7.60 Å². The van der Waals surface area contributed by atoms with Crippen molar-refractivity contribution in [2.24, 2.45) is 11.8 Å². The van der Waals surface area contributed by atoms with Crippen LogP contribution in [-0.2, 0) is 13.6 Å². The van der Waals surface area contributed by atoms with E-state index >= 15 is 0 Å². The largest absolute Gasteiger partial charge is 0.331 e. The normalized spacial score (nSPS) is 17.2. The van der Waals surface area contributed by atoms with Gasteiger partial charge in [0.25, 0.3) is 0 Å². The predicted octanol–water partition coefficient (Wildman–Crippen LogP) is 7.05. The molecule has 0 saturated carbocycles. The Morgan fingerprint density at radius 1 is 0.870 bits per heavy atom. The monoisotopic (exact) mass is 348 g/mol. The molecule has 0 spiro atoms. The van der Waals surface area contributed by atoms with Crippen molar-refractivity contribution in [3.63, 3.8) is 0 Å². The molecule has 23 heavy (non-hydrogen) atoms. The molecule has 0 aromatic heterocycles. The molecule has 3 nitrogen and oxygen atoms in total. The minimum Gasteiger partial charge on any atom is -0.308 e. The van der Waals surface area contributed by atoms with Crippen LogP contribution in [-0.4, -0.2) is 18.9 Å². The molecule has 0 aromatic carbocycles. The first-order valence-electron chi connectivity index (χ1n) is 9.82. The molecule has 0 N–H and O–H groups in total. The Labute approximate surface area is 145 Å². The van der Waals surface area contributed by atoms with Crippen LogP contribution in [0.25, 0.3) is 0 Å². The molecular formula is C19H41O3P. The van der Waals surface area contributed by atoms with Gasteiger partial charge in [-0.15, -0.1) is 0 Å². The van der Waals surface area contributed by atoms with Gasteiger partial charge in [-0.25, -0.2) is 0 Å². The fourth-order valence-electron chi connectivity index (χ4n) is 2.80. The lowest BCUT2D eigenvalue weighted by molar-refractivity contribution is 0.144. The molecular weight excluding hydrogens is 307 g/mol. The van der Waals surface area contributed by atoms with Gasteiger partial charge in [-0.1, -0.05) is 66.2 Å². The molecule has 0 aliphatic rings. The fourth-order valence-corrected chi connectivity index (χ4v) is 5.20. The Kier molecular flexibility index (Phi) is 13.5. The van der Waals surface area contributed by atoms with Gasteiger partial charge in [-0.3, -0.25) is 4.57 Å². The molecule has 4 heteroatoms. The summed E-state index contributed by atoms with van der Waals surface area (Å²) in [5.41, 5.74) is 0. The SMILES string of the molecule is CCCCC(CC)COP(=O)(CC(CC)CCCC)OC(C)C. The average Bonchev–Trinajstić information content (AvgIpc) is 2.51. The number of rotatable bonds is 15. The first-order chi connectivity index (χ1) is 10.9. The van der Waals surface area contributed by atoms with Crippen molar-refractivity contribution in [2.45, 2.75) is 99.0 Å². The van der Waals surface area contributed by atoms with E-state index in [1.807, 2.05) is 13.8 Å². The Hall–Kier alpha value is 0.150. The van der Waals surface area contributed by atoms with Gasteiger partial charge in [0.1, 0.15) is 0 Å². The number of hydrogen-bond acceptors (Lipinski definition) is 3. The molecule has 0 heterocycles. The molecule has 3 atom stereocenters. The summed E-state index contributed by atoms with van der Waals surface area (Å²) >= 11 is 0. The lowest BCUT2D eigenvalue weighted by Crippen LogP contribution is -2.16. The highest BCUT2D eigenvalue weighted by Gasteiger charge is 2.30. The Morgan fingerprint density at radius 2 is 1.39 bits per heavy atom. The van der Waals surface area contributed by atoms with Crippen molar-refractivity contribution in [2.75, 3.05) is 12.8 Å². The van der Waals surface area contributed by atoms with Crippen LogP contribution in [0.4, 0.5) is 0 Å². The molecule has 0 aromatic rings. The molecule has 0 saturated heterocycles. The van der Waals surface area contributed by atoms with Crippen LogP contribution in [0.5, 0.6) is 0 Å². The van der Waals surface area contributed by atoms with Gasteiger partial charge in [0.2, 0.25) is 0 Å². The van der Waals surface area contributed by atoms with Crippen LogP contribution in [0.1, 0.15) is 92.9 Å². The average molecular weight is 349 g/mol. The zero-order valence-corrected chi connectivity index (χ0v) is 17.4. The highest BCUT2D eigenvalue weighted by Crippen LogP contribution is 2.52. The van der Waals surface area contributed by atoms with E-state index in [0.717, 1.165) is 25.7 Å². The third-order valence-corrected chi connectivity index (χ3v) is 6.70. The van der Waals surface area contributed by atoms with E-state index in [0.29, 0.717) is 24.6 Å². The van der Waals surface area contributed by atoms with Crippen LogP contribution in [0.3, 0.4) is 0 Å². The smallest absolute Gasteiger partial charge is 0.308 e. The first kappa shape index (κ1) is 23.1. The lowest BCUT2D eigenvalue weighted by atomic mass is 10.0. The maximum atomic E-state index is 13.2. The van der Waals surface area contributed by atoms with Crippen molar-refractivity contribution in [3.05, 3.63) is 0 Å². The standard InChI is InChI=1S/C19H41O3P/c1-7-11-13-18(9-3)15-21-23(20,22-17(5)6)16-19(10-4)14-12-8-2/h17-19H,7-16H2,1-6H3. The van der Waals surface area contributed by atoms with Gasteiger partial charge in [0.05, 0.1) is 18.9 Å². The fraction of sp³-hybridized carbons (Fsp3) is 1.00. The summed E-state index contributed by atoms with van der Waals surface area (Å²) in [5, 5.41) is 0. The Balaban J connectivity index is 4.70. The quantitative estimate of drug-likeness (QED) is 0.297. The second kappa shape index (κ2) is 13.4. The summed E-state index contributed by atoms with van der Waals surface area (Å²) in [6.07, 6.45) is 9.70. The van der Waals surface area contributed by atoms with Gasteiger partial charge in [-0.2, -0.15) is 0 Å². The van der Waals surface area contributed by atoms with Crippen LogP contribution in [0.2, 0.25) is 0 Å². The van der Waals surface area contributed by atoms with Crippen molar-refractivity contribution >= 4 is 7.60 Å². The molecule has 0 fully saturated rings. The minimum absolute atomic E-state index is 0.0553. The molecule has 0 aliphatic carbocycles. The molecule has 0 aliphatic heterocycles. The first-order valence-corrected chi connectivity index (χ1v) is 11.5. The zero-order valence-electron chi connectivity index (χ0n) is 16.5. The maximum absolute atomic E-state index is 13.2. The van der Waals surface area contributed by atoms with Gasteiger partial charge < -0.3 is 9.05 Å². The second-order valence-corrected chi connectivity index (χ2v) is 9.13. The maximum Gasteiger partial charge on any atom is 0.331 e. The summed E-state index contributed by atoms with van der Waals surface area (Å²) in [4.78, 5) is 0.